The molecule has 2 unspecified atom stereocenters. The van der Waals surface area contributed by atoms with Crippen molar-refractivity contribution in [3.63, 3.8) is 0 Å². The molecule has 1 aliphatic heterocycles. The van der Waals surface area contributed by atoms with E-state index in [-0.39, 0.29) is 0 Å². The maximum Gasteiger partial charge on any atom is 0.0975 e. The molecule has 3 nitrogen and oxygen atoms in total. The standard InChI is InChI=1S/C12H21N3S/c1-8(6-13)11-9(2)14-12(16-11)10-4-5-15(3)7-10/h8,10H,4-7,13H2,1-3H3. The van der Waals surface area contributed by atoms with Crippen molar-refractivity contribution in [3.05, 3.63) is 15.6 Å². The number of likely N-dealkylation sites (tertiary alicyclic amines) is 1. The molecule has 0 bridgehead atoms. The number of aromatic nitrogens is 1. The summed E-state index contributed by atoms with van der Waals surface area (Å²) in [7, 11) is 2.18. The van der Waals surface area contributed by atoms with Gasteiger partial charge in [0.2, 0.25) is 0 Å². The van der Waals surface area contributed by atoms with Crippen molar-refractivity contribution in [1.82, 2.24) is 9.88 Å². The fraction of sp³-hybridized carbons (Fsp3) is 0.750. The SMILES string of the molecule is Cc1nc(C2CCN(C)C2)sc1C(C)CN. The lowest BCUT2D eigenvalue weighted by Crippen LogP contribution is -2.13. The molecule has 2 rings (SSSR count). The van der Waals surface area contributed by atoms with Gasteiger partial charge in [-0.3, -0.25) is 0 Å². The molecule has 2 N–H and O–H groups in total. The minimum atomic E-state index is 0.449. The van der Waals surface area contributed by atoms with Crippen molar-refractivity contribution in [3.8, 4) is 0 Å². The number of hydrogen-bond donors (Lipinski definition) is 1. The summed E-state index contributed by atoms with van der Waals surface area (Å²) in [6.45, 7) is 7.37. The Morgan fingerprint density at radius 1 is 1.62 bits per heavy atom. The van der Waals surface area contributed by atoms with Crippen molar-refractivity contribution < 1.29 is 0 Å². The Labute approximate surface area is 102 Å². The summed E-state index contributed by atoms with van der Waals surface area (Å²) in [6.07, 6.45) is 1.25. The molecular weight excluding hydrogens is 218 g/mol. The molecule has 0 amide bonds. The van der Waals surface area contributed by atoms with Gasteiger partial charge in [-0.2, -0.15) is 0 Å². The van der Waals surface area contributed by atoms with Crippen LogP contribution in [0.2, 0.25) is 0 Å². The van der Waals surface area contributed by atoms with Gasteiger partial charge < -0.3 is 10.6 Å². The molecule has 2 atom stereocenters. The molecule has 1 fully saturated rings. The maximum absolute atomic E-state index is 5.73. The first-order chi connectivity index (χ1) is 7.61. The Morgan fingerprint density at radius 3 is 2.94 bits per heavy atom. The predicted octanol–water partition coefficient (Wildman–Crippen LogP) is 1.93. The fourth-order valence-corrected chi connectivity index (χ4v) is 3.56. The number of nitrogens with two attached hydrogens (primary N) is 1. The second-order valence-corrected chi connectivity index (χ2v) is 5.95. The molecule has 0 saturated carbocycles. The third-order valence-electron chi connectivity index (χ3n) is 3.39. The van der Waals surface area contributed by atoms with E-state index in [4.69, 9.17) is 10.7 Å². The first-order valence-electron chi connectivity index (χ1n) is 5.97. The number of hydrogen-bond acceptors (Lipinski definition) is 4. The second kappa shape index (κ2) is 4.82. The molecule has 1 saturated heterocycles. The minimum Gasteiger partial charge on any atom is -0.330 e. The van der Waals surface area contributed by atoms with Gasteiger partial charge >= 0.3 is 0 Å². The summed E-state index contributed by atoms with van der Waals surface area (Å²) < 4.78 is 0. The van der Waals surface area contributed by atoms with Crippen molar-refractivity contribution >= 4 is 11.3 Å². The summed E-state index contributed by atoms with van der Waals surface area (Å²) in [4.78, 5) is 8.50. The normalized spacial score (nSPS) is 23.9. The molecule has 0 spiro atoms. The van der Waals surface area contributed by atoms with E-state index in [9.17, 15) is 0 Å². The number of likely N-dealkylation sites (N-methyl/N-ethyl adjacent to an activating group) is 1. The van der Waals surface area contributed by atoms with Crippen LogP contribution in [0.1, 0.15) is 40.8 Å². The third kappa shape index (κ3) is 2.29. The maximum atomic E-state index is 5.73. The van der Waals surface area contributed by atoms with Gasteiger partial charge in [0.1, 0.15) is 0 Å². The second-order valence-electron chi connectivity index (χ2n) is 4.89. The third-order valence-corrected chi connectivity index (χ3v) is 4.94. The van der Waals surface area contributed by atoms with Gasteiger partial charge in [-0.05, 0) is 33.5 Å². The van der Waals surface area contributed by atoms with E-state index < -0.39 is 0 Å². The van der Waals surface area contributed by atoms with Crippen molar-refractivity contribution in [2.24, 2.45) is 5.73 Å². The molecule has 0 radical (unpaired) electrons. The molecule has 4 heteroatoms. The van der Waals surface area contributed by atoms with Gasteiger partial charge in [-0.15, -0.1) is 11.3 Å². The average Bonchev–Trinajstić information content (AvgIpc) is 2.83. The van der Waals surface area contributed by atoms with Gasteiger partial charge in [0.05, 0.1) is 10.7 Å². The van der Waals surface area contributed by atoms with Crippen LogP contribution in [0.5, 0.6) is 0 Å². The molecule has 90 valence electrons. The summed E-state index contributed by atoms with van der Waals surface area (Å²) in [5, 5.41) is 1.32. The van der Waals surface area contributed by atoms with Gasteiger partial charge in [0.25, 0.3) is 0 Å². The van der Waals surface area contributed by atoms with Gasteiger partial charge in [0.15, 0.2) is 0 Å². The van der Waals surface area contributed by atoms with Crippen molar-refractivity contribution in [2.45, 2.75) is 32.1 Å². The molecule has 16 heavy (non-hydrogen) atoms. The number of nitrogens with zero attached hydrogens (tertiary/aromatic N) is 2. The van der Waals surface area contributed by atoms with E-state index >= 15 is 0 Å². The van der Waals surface area contributed by atoms with Crippen LogP contribution >= 0.6 is 11.3 Å². The zero-order valence-electron chi connectivity index (χ0n) is 10.4. The lowest BCUT2D eigenvalue weighted by molar-refractivity contribution is 0.411. The van der Waals surface area contributed by atoms with Gasteiger partial charge in [-0.25, -0.2) is 4.98 Å². The molecular formula is C12H21N3S. The molecule has 2 heterocycles. The molecule has 0 aliphatic carbocycles. The topological polar surface area (TPSA) is 42.2 Å². The lowest BCUT2D eigenvalue weighted by atomic mass is 10.1. The Balaban J connectivity index is 2.17. The van der Waals surface area contributed by atoms with Crippen LogP contribution in [0.4, 0.5) is 0 Å². The van der Waals surface area contributed by atoms with Crippen LogP contribution in [-0.2, 0) is 0 Å². The van der Waals surface area contributed by atoms with Gasteiger partial charge in [0, 0.05) is 23.3 Å². The van der Waals surface area contributed by atoms with Crippen LogP contribution in [0.15, 0.2) is 0 Å². The lowest BCUT2D eigenvalue weighted by Gasteiger charge is -2.07. The zero-order chi connectivity index (χ0) is 11.7. The van der Waals surface area contributed by atoms with Crippen molar-refractivity contribution in [1.29, 1.82) is 0 Å². The summed E-state index contributed by atoms with van der Waals surface area (Å²) in [6, 6.07) is 0. The molecule has 1 aromatic heterocycles. The highest BCUT2D eigenvalue weighted by molar-refractivity contribution is 7.12. The highest BCUT2D eigenvalue weighted by Crippen LogP contribution is 2.34. The summed E-state index contributed by atoms with van der Waals surface area (Å²) >= 11 is 1.87. The Hall–Kier alpha value is -0.450. The van der Waals surface area contributed by atoms with Crippen LogP contribution < -0.4 is 5.73 Å². The molecule has 1 aliphatic rings. The van der Waals surface area contributed by atoms with Crippen LogP contribution in [-0.4, -0.2) is 36.6 Å². The minimum absolute atomic E-state index is 0.449. The Bertz CT molecular complexity index is 361. The van der Waals surface area contributed by atoms with E-state index in [1.807, 2.05) is 11.3 Å². The van der Waals surface area contributed by atoms with E-state index in [1.165, 1.54) is 28.5 Å². The van der Waals surface area contributed by atoms with E-state index in [1.54, 1.807) is 0 Å². The number of aryl methyl sites for hydroxylation is 1. The van der Waals surface area contributed by atoms with Crippen molar-refractivity contribution in [2.75, 3.05) is 26.7 Å². The van der Waals surface area contributed by atoms with Crippen LogP contribution in [0.25, 0.3) is 0 Å². The van der Waals surface area contributed by atoms with E-state index in [2.05, 4.69) is 25.8 Å². The summed E-state index contributed by atoms with van der Waals surface area (Å²) in [5.41, 5.74) is 6.92. The monoisotopic (exact) mass is 239 g/mol. The van der Waals surface area contributed by atoms with Crippen LogP contribution in [0, 0.1) is 6.92 Å². The molecule has 0 aromatic carbocycles. The van der Waals surface area contributed by atoms with E-state index in [0.717, 1.165) is 6.54 Å². The highest BCUT2D eigenvalue weighted by Gasteiger charge is 2.25. The quantitative estimate of drug-likeness (QED) is 0.876. The Kier molecular flexibility index (Phi) is 3.62. The largest absolute Gasteiger partial charge is 0.330 e. The molecule has 1 aromatic rings. The first kappa shape index (κ1) is 12.0. The van der Waals surface area contributed by atoms with E-state index in [0.29, 0.717) is 18.4 Å². The Morgan fingerprint density at radius 2 is 2.38 bits per heavy atom. The fourth-order valence-electron chi connectivity index (χ4n) is 2.31. The predicted molar refractivity (Wildman–Crippen MR) is 69.2 cm³/mol. The highest BCUT2D eigenvalue weighted by atomic mass is 32.1. The average molecular weight is 239 g/mol. The smallest absolute Gasteiger partial charge is 0.0975 e. The number of rotatable bonds is 3. The number of thiazole rings is 1. The summed E-state index contributed by atoms with van der Waals surface area (Å²) in [5.74, 6) is 1.10. The van der Waals surface area contributed by atoms with Gasteiger partial charge in [-0.1, -0.05) is 6.92 Å². The first-order valence-corrected chi connectivity index (χ1v) is 6.79. The van der Waals surface area contributed by atoms with Crippen LogP contribution in [0.3, 0.4) is 0 Å². The zero-order valence-corrected chi connectivity index (χ0v) is 11.2.